The van der Waals surface area contributed by atoms with Crippen LogP contribution in [0.25, 0.3) is 0 Å². The summed E-state index contributed by atoms with van der Waals surface area (Å²) in [5.74, 6) is 0.288. The molecule has 23 heavy (non-hydrogen) atoms. The first-order chi connectivity index (χ1) is 10.1. The van der Waals surface area contributed by atoms with Crippen molar-refractivity contribution in [2.45, 2.75) is 26.4 Å². The van der Waals surface area contributed by atoms with Gasteiger partial charge < -0.3 is 18.8 Å². The molecule has 0 N–H and O–H groups in total. The van der Waals surface area contributed by atoms with Gasteiger partial charge in [-0.05, 0) is 20.3 Å². The van der Waals surface area contributed by atoms with Gasteiger partial charge in [-0.25, -0.2) is 8.42 Å². The third-order valence-corrected chi connectivity index (χ3v) is 5.10. The Kier molecular flexibility index (Phi) is 15.5. The largest absolute Gasteiger partial charge is 1.00 e. The van der Waals surface area contributed by atoms with Gasteiger partial charge in [-0.2, -0.15) is 11.8 Å². The Hall–Kier alpha value is 1.29. The molecule has 0 fully saturated rings. The van der Waals surface area contributed by atoms with Crippen molar-refractivity contribution in [2.24, 2.45) is 5.41 Å². The van der Waals surface area contributed by atoms with Gasteiger partial charge in [-0.3, -0.25) is 4.79 Å². The van der Waals surface area contributed by atoms with Gasteiger partial charge >= 0.3 is 57.4 Å². The number of thioether (sulfide) groups is 1. The summed E-state index contributed by atoms with van der Waals surface area (Å²) in [7, 11) is -1.06. The average molecular weight is 397 g/mol. The van der Waals surface area contributed by atoms with Crippen LogP contribution in [-0.2, 0) is 29.1 Å². The molecule has 0 aliphatic rings. The van der Waals surface area contributed by atoms with E-state index in [2.05, 4.69) is 0 Å². The Morgan fingerprint density at radius 3 is 2.39 bits per heavy atom. The van der Waals surface area contributed by atoms with E-state index in [0.29, 0.717) is 18.1 Å². The fourth-order valence-electron chi connectivity index (χ4n) is 1.47. The quantitative estimate of drug-likeness (QED) is 0.160. The molecule has 0 spiro atoms. The number of rotatable bonds is 12. The van der Waals surface area contributed by atoms with E-state index >= 15 is 0 Å². The Balaban J connectivity index is 0. The summed E-state index contributed by atoms with van der Waals surface area (Å²) < 4.78 is 46.6. The molecule has 0 amide bonds. The van der Waals surface area contributed by atoms with E-state index < -0.39 is 27.3 Å². The van der Waals surface area contributed by atoms with Gasteiger partial charge in [0.2, 0.25) is 0 Å². The first-order valence-corrected chi connectivity index (χ1v) is 9.56. The van der Waals surface area contributed by atoms with E-state index in [1.807, 2.05) is 0 Å². The molecule has 10 heteroatoms. The van der Waals surface area contributed by atoms with E-state index in [9.17, 15) is 17.8 Å². The maximum atomic E-state index is 11.9. The molecule has 0 aromatic rings. The second-order valence-corrected chi connectivity index (χ2v) is 8.02. The number of hydrogen-bond acceptors (Lipinski definition) is 8. The summed E-state index contributed by atoms with van der Waals surface area (Å²) in [6, 6.07) is 0. The molecule has 0 saturated carbocycles. The predicted molar refractivity (Wildman–Crippen MR) is 83.9 cm³/mol. The minimum Gasteiger partial charge on any atom is -0.748 e. The summed E-state index contributed by atoms with van der Waals surface area (Å²) in [4.78, 5) is 11.9. The monoisotopic (exact) mass is 396 g/mol. The van der Waals surface area contributed by atoms with Crippen LogP contribution in [0.3, 0.4) is 0 Å². The van der Waals surface area contributed by atoms with Crippen molar-refractivity contribution in [3.05, 3.63) is 0 Å². The van der Waals surface area contributed by atoms with Crippen LogP contribution in [0.4, 0.5) is 0 Å². The molecule has 0 aliphatic carbocycles. The zero-order chi connectivity index (χ0) is 17.2. The Labute approximate surface area is 185 Å². The van der Waals surface area contributed by atoms with E-state index in [4.69, 9.17) is 14.2 Å². The molecule has 0 heterocycles. The van der Waals surface area contributed by atoms with Gasteiger partial charge in [0.05, 0.1) is 34.9 Å². The third kappa shape index (κ3) is 14.2. The van der Waals surface area contributed by atoms with Gasteiger partial charge in [-0.15, -0.1) is 0 Å². The molecule has 0 aromatic carbocycles. The maximum Gasteiger partial charge on any atom is 1.00 e. The molecule has 1 unspecified atom stereocenters. The Morgan fingerprint density at radius 1 is 1.30 bits per heavy atom. The van der Waals surface area contributed by atoms with Crippen molar-refractivity contribution in [1.82, 2.24) is 0 Å². The van der Waals surface area contributed by atoms with Crippen LogP contribution in [0.5, 0.6) is 0 Å². The second-order valence-electron chi connectivity index (χ2n) is 5.46. The number of ether oxygens (including phenoxy) is 3. The van der Waals surface area contributed by atoms with Crippen molar-refractivity contribution in [1.29, 1.82) is 0 Å². The van der Waals surface area contributed by atoms with Crippen LogP contribution in [-0.4, -0.2) is 69.7 Å². The van der Waals surface area contributed by atoms with Crippen molar-refractivity contribution in [3.63, 3.8) is 0 Å². The van der Waals surface area contributed by atoms with Crippen LogP contribution < -0.4 is 51.4 Å². The average Bonchev–Trinajstić information content (AvgIpc) is 2.41. The van der Waals surface area contributed by atoms with Crippen LogP contribution in [0, 0.1) is 5.41 Å². The van der Waals surface area contributed by atoms with Gasteiger partial charge in [0.25, 0.3) is 0 Å². The van der Waals surface area contributed by atoms with E-state index in [0.717, 1.165) is 0 Å². The van der Waals surface area contributed by atoms with E-state index in [1.165, 1.54) is 0 Å². The third-order valence-electron chi connectivity index (χ3n) is 2.78. The van der Waals surface area contributed by atoms with E-state index in [1.54, 1.807) is 39.8 Å². The molecular formula is C13H25KO7S2. The molecule has 1 atom stereocenters. The minimum absolute atomic E-state index is 0. The molecule has 132 valence electrons. The molecule has 0 bridgehead atoms. The first-order valence-electron chi connectivity index (χ1n) is 6.82. The number of methoxy groups -OCH3 is 2. The zero-order valence-electron chi connectivity index (χ0n) is 14.5. The van der Waals surface area contributed by atoms with Crippen molar-refractivity contribution < 1.29 is 83.4 Å². The summed E-state index contributed by atoms with van der Waals surface area (Å²) >= 11 is 1.55. The zero-order valence-corrected chi connectivity index (χ0v) is 19.3. The summed E-state index contributed by atoms with van der Waals surface area (Å²) in [6.07, 6.45) is -0.0236. The molecule has 0 radical (unpaired) electrons. The fourth-order valence-corrected chi connectivity index (χ4v) is 3.18. The van der Waals surface area contributed by atoms with Crippen molar-refractivity contribution in [3.8, 4) is 0 Å². The summed E-state index contributed by atoms with van der Waals surface area (Å²) in [5.41, 5.74) is -0.702. The normalized spacial score (nSPS) is 13.3. The SMILES string of the molecule is COCC(CSCC(C)(C)C(=O)OCCCS(=O)(=O)[O-])OC.[K+]. The number of esters is 1. The summed E-state index contributed by atoms with van der Waals surface area (Å²) in [5, 5.41) is 0. The standard InChI is InChI=1S/C13H26O7S2.K/c1-13(2,10-21-9-11(19-4)8-18-3)12(14)20-6-5-7-22(15,16)17;/h11H,5-10H2,1-4H3,(H,15,16,17);/q;+1/p-1. The smallest absolute Gasteiger partial charge is 0.748 e. The van der Waals surface area contributed by atoms with Crippen LogP contribution in [0.1, 0.15) is 20.3 Å². The van der Waals surface area contributed by atoms with E-state index in [-0.39, 0.29) is 70.5 Å². The van der Waals surface area contributed by atoms with Gasteiger partial charge in [-0.1, -0.05) is 0 Å². The van der Waals surface area contributed by atoms with Crippen LogP contribution in [0.2, 0.25) is 0 Å². The molecule has 0 rings (SSSR count). The Morgan fingerprint density at radius 2 is 1.91 bits per heavy atom. The van der Waals surface area contributed by atoms with Crippen LogP contribution >= 0.6 is 11.8 Å². The second kappa shape index (κ2) is 13.5. The topological polar surface area (TPSA) is 102 Å². The molecule has 0 aliphatic heterocycles. The molecule has 0 aromatic heterocycles. The summed E-state index contributed by atoms with van der Waals surface area (Å²) in [6.45, 7) is 3.92. The van der Waals surface area contributed by atoms with Crippen molar-refractivity contribution >= 4 is 27.8 Å². The number of carbonyl (C=O) groups excluding carboxylic acids is 1. The Bertz CT molecular complexity index is 426. The van der Waals surface area contributed by atoms with Gasteiger partial charge in [0, 0.05) is 31.5 Å². The number of hydrogen-bond donors (Lipinski definition) is 0. The molecule has 0 saturated heterocycles. The van der Waals surface area contributed by atoms with Crippen molar-refractivity contribution in [2.75, 3.05) is 44.7 Å². The first kappa shape index (κ1) is 26.5. The minimum atomic E-state index is -4.26. The van der Waals surface area contributed by atoms with Gasteiger partial charge in [0.15, 0.2) is 0 Å². The van der Waals surface area contributed by atoms with Gasteiger partial charge in [0.1, 0.15) is 0 Å². The molecular weight excluding hydrogens is 371 g/mol. The predicted octanol–water partition coefficient (Wildman–Crippen LogP) is -2.11. The maximum absolute atomic E-state index is 11.9. The number of carbonyl (C=O) groups is 1. The van der Waals surface area contributed by atoms with Crippen LogP contribution in [0.15, 0.2) is 0 Å². The molecule has 7 nitrogen and oxygen atoms in total. The fraction of sp³-hybridized carbons (Fsp3) is 0.923.